The maximum Gasteiger partial charge on any atom is 0.251 e. The standard InChI is InChI=1S/C17H25NO3/c1-14(21-11-15-7-4-3-5-8-15)16(20)18-10-6-9-17(2,12-18)13-19/h3-5,7-8,14,19H,6,9-13H2,1-2H3/t14-,17+/m0/s1. The van der Waals surface area contributed by atoms with E-state index in [-0.39, 0.29) is 17.9 Å². The molecule has 2 rings (SSSR count). The van der Waals surface area contributed by atoms with Gasteiger partial charge in [-0.3, -0.25) is 4.79 Å². The molecule has 0 aliphatic carbocycles. The summed E-state index contributed by atoms with van der Waals surface area (Å²) in [5.74, 6) is 0.0188. The van der Waals surface area contributed by atoms with Crippen LogP contribution in [-0.4, -0.2) is 41.7 Å². The fourth-order valence-corrected chi connectivity index (χ4v) is 2.76. The van der Waals surface area contributed by atoms with Gasteiger partial charge in [0.25, 0.3) is 5.91 Å². The highest BCUT2D eigenvalue weighted by atomic mass is 16.5. The maximum absolute atomic E-state index is 12.4. The lowest BCUT2D eigenvalue weighted by molar-refractivity contribution is -0.147. The minimum absolute atomic E-state index is 0.0188. The zero-order valence-corrected chi connectivity index (χ0v) is 12.9. The van der Waals surface area contributed by atoms with Gasteiger partial charge in [-0.1, -0.05) is 37.3 Å². The molecule has 1 aromatic rings. The lowest BCUT2D eigenvalue weighted by Gasteiger charge is -2.40. The Labute approximate surface area is 126 Å². The number of carbonyl (C=O) groups excluding carboxylic acids is 1. The second kappa shape index (κ2) is 7.05. The van der Waals surface area contributed by atoms with Crippen molar-refractivity contribution in [3.05, 3.63) is 35.9 Å². The van der Waals surface area contributed by atoms with Crippen LogP contribution in [0.1, 0.15) is 32.3 Å². The van der Waals surface area contributed by atoms with Gasteiger partial charge in [-0.05, 0) is 25.3 Å². The van der Waals surface area contributed by atoms with Crippen molar-refractivity contribution in [3.8, 4) is 0 Å². The SMILES string of the molecule is C[C@H](OCc1ccccc1)C(=O)N1CCC[C@@](C)(CO)C1. The summed E-state index contributed by atoms with van der Waals surface area (Å²) < 4.78 is 5.69. The molecule has 116 valence electrons. The molecule has 4 heteroatoms. The number of hydrogen-bond acceptors (Lipinski definition) is 3. The molecule has 0 unspecified atom stereocenters. The molecule has 1 saturated heterocycles. The Kier molecular flexibility index (Phi) is 5.37. The largest absolute Gasteiger partial charge is 0.396 e. The molecule has 2 atom stereocenters. The summed E-state index contributed by atoms with van der Waals surface area (Å²) in [6.45, 7) is 5.77. The normalized spacial score (nSPS) is 23.9. The number of ether oxygens (including phenoxy) is 1. The molecule has 0 saturated carbocycles. The number of amides is 1. The van der Waals surface area contributed by atoms with Crippen LogP contribution in [0, 0.1) is 5.41 Å². The highest BCUT2D eigenvalue weighted by Crippen LogP contribution is 2.29. The first-order valence-electron chi connectivity index (χ1n) is 7.59. The summed E-state index contributed by atoms with van der Waals surface area (Å²) >= 11 is 0. The van der Waals surface area contributed by atoms with Gasteiger partial charge in [0.1, 0.15) is 6.10 Å². The van der Waals surface area contributed by atoms with Crippen LogP contribution in [0.3, 0.4) is 0 Å². The maximum atomic E-state index is 12.4. The Morgan fingerprint density at radius 1 is 1.43 bits per heavy atom. The number of aliphatic hydroxyl groups is 1. The molecule has 1 aliphatic heterocycles. The molecule has 1 heterocycles. The van der Waals surface area contributed by atoms with Crippen LogP contribution in [0.2, 0.25) is 0 Å². The Hall–Kier alpha value is -1.39. The molecule has 0 bridgehead atoms. The molecular weight excluding hydrogens is 266 g/mol. The van der Waals surface area contributed by atoms with Crippen LogP contribution in [0.15, 0.2) is 30.3 Å². The minimum Gasteiger partial charge on any atom is -0.396 e. The quantitative estimate of drug-likeness (QED) is 0.905. The first-order chi connectivity index (χ1) is 10.0. The first-order valence-corrected chi connectivity index (χ1v) is 7.59. The van der Waals surface area contributed by atoms with Gasteiger partial charge in [0.05, 0.1) is 13.2 Å². The van der Waals surface area contributed by atoms with E-state index < -0.39 is 6.10 Å². The lowest BCUT2D eigenvalue weighted by Crippen LogP contribution is -2.49. The molecule has 21 heavy (non-hydrogen) atoms. The molecule has 1 aromatic carbocycles. The predicted octanol–water partition coefficient (Wildman–Crippen LogP) is 2.21. The zero-order valence-electron chi connectivity index (χ0n) is 12.9. The number of likely N-dealkylation sites (tertiary alicyclic amines) is 1. The van der Waals surface area contributed by atoms with Gasteiger partial charge in [-0.25, -0.2) is 0 Å². The van der Waals surface area contributed by atoms with Gasteiger partial charge in [-0.15, -0.1) is 0 Å². The van der Waals surface area contributed by atoms with Crippen LogP contribution in [0.25, 0.3) is 0 Å². The van der Waals surface area contributed by atoms with E-state index in [1.54, 1.807) is 6.92 Å². The molecule has 1 fully saturated rings. The van der Waals surface area contributed by atoms with Crippen LogP contribution < -0.4 is 0 Å². The van der Waals surface area contributed by atoms with Crippen molar-refractivity contribution < 1.29 is 14.6 Å². The summed E-state index contributed by atoms with van der Waals surface area (Å²) in [7, 11) is 0. The fourth-order valence-electron chi connectivity index (χ4n) is 2.76. The Bertz CT molecular complexity index is 462. The van der Waals surface area contributed by atoms with E-state index in [2.05, 4.69) is 0 Å². The summed E-state index contributed by atoms with van der Waals surface area (Å²) in [4.78, 5) is 14.3. The second-order valence-electron chi connectivity index (χ2n) is 6.27. The molecule has 1 aliphatic rings. The van der Waals surface area contributed by atoms with Gasteiger partial charge >= 0.3 is 0 Å². The number of benzene rings is 1. The number of carbonyl (C=O) groups is 1. The van der Waals surface area contributed by atoms with Crippen molar-refractivity contribution in [2.75, 3.05) is 19.7 Å². The fraction of sp³-hybridized carbons (Fsp3) is 0.588. The molecule has 4 nitrogen and oxygen atoms in total. The Balaban J connectivity index is 1.87. The monoisotopic (exact) mass is 291 g/mol. The number of nitrogens with zero attached hydrogens (tertiary/aromatic N) is 1. The average molecular weight is 291 g/mol. The van der Waals surface area contributed by atoms with Crippen molar-refractivity contribution in [2.45, 2.75) is 39.4 Å². The highest BCUT2D eigenvalue weighted by Gasteiger charge is 2.34. The van der Waals surface area contributed by atoms with Crippen LogP contribution >= 0.6 is 0 Å². The molecule has 0 radical (unpaired) electrons. The van der Waals surface area contributed by atoms with Gasteiger partial charge in [0, 0.05) is 18.5 Å². The topological polar surface area (TPSA) is 49.8 Å². The van der Waals surface area contributed by atoms with E-state index in [0.29, 0.717) is 13.2 Å². The van der Waals surface area contributed by atoms with Gasteiger partial charge in [0.2, 0.25) is 0 Å². The summed E-state index contributed by atoms with van der Waals surface area (Å²) in [6, 6.07) is 9.86. The van der Waals surface area contributed by atoms with E-state index in [4.69, 9.17) is 4.74 Å². The van der Waals surface area contributed by atoms with E-state index in [1.807, 2.05) is 42.2 Å². The van der Waals surface area contributed by atoms with Crippen molar-refractivity contribution in [1.29, 1.82) is 0 Å². The lowest BCUT2D eigenvalue weighted by atomic mass is 9.82. The molecule has 0 spiro atoms. The first kappa shape index (κ1) is 16.0. The van der Waals surface area contributed by atoms with Gasteiger partial charge in [-0.2, -0.15) is 0 Å². The van der Waals surface area contributed by atoms with Crippen molar-refractivity contribution in [1.82, 2.24) is 4.90 Å². The third kappa shape index (κ3) is 4.29. The van der Waals surface area contributed by atoms with E-state index in [9.17, 15) is 9.90 Å². The smallest absolute Gasteiger partial charge is 0.251 e. The van der Waals surface area contributed by atoms with Crippen molar-refractivity contribution in [3.63, 3.8) is 0 Å². The van der Waals surface area contributed by atoms with Crippen molar-refractivity contribution >= 4 is 5.91 Å². The molecule has 0 aromatic heterocycles. The van der Waals surface area contributed by atoms with E-state index in [0.717, 1.165) is 24.9 Å². The van der Waals surface area contributed by atoms with Crippen LogP contribution in [-0.2, 0) is 16.1 Å². The van der Waals surface area contributed by atoms with Crippen LogP contribution in [0.5, 0.6) is 0 Å². The average Bonchev–Trinajstić information content (AvgIpc) is 2.53. The Morgan fingerprint density at radius 3 is 2.81 bits per heavy atom. The zero-order chi connectivity index (χ0) is 15.3. The minimum atomic E-state index is -0.453. The third-order valence-electron chi connectivity index (χ3n) is 4.16. The highest BCUT2D eigenvalue weighted by molar-refractivity contribution is 5.80. The molecular formula is C17H25NO3. The number of hydrogen-bond donors (Lipinski definition) is 1. The summed E-state index contributed by atoms with van der Waals surface area (Å²) in [5.41, 5.74) is 0.892. The van der Waals surface area contributed by atoms with Gasteiger partial charge in [0.15, 0.2) is 0 Å². The van der Waals surface area contributed by atoms with Crippen LogP contribution in [0.4, 0.5) is 0 Å². The number of rotatable bonds is 5. The van der Waals surface area contributed by atoms with Gasteiger partial charge < -0.3 is 14.7 Å². The van der Waals surface area contributed by atoms with E-state index >= 15 is 0 Å². The third-order valence-corrected chi connectivity index (χ3v) is 4.16. The number of aliphatic hydroxyl groups excluding tert-OH is 1. The second-order valence-corrected chi connectivity index (χ2v) is 6.27. The van der Waals surface area contributed by atoms with Crippen molar-refractivity contribution in [2.24, 2.45) is 5.41 Å². The Morgan fingerprint density at radius 2 is 2.14 bits per heavy atom. The predicted molar refractivity (Wildman–Crippen MR) is 81.7 cm³/mol. The number of piperidine rings is 1. The summed E-state index contributed by atoms with van der Waals surface area (Å²) in [6.07, 6.45) is 1.45. The summed E-state index contributed by atoms with van der Waals surface area (Å²) in [5, 5.41) is 9.47. The van der Waals surface area contributed by atoms with E-state index in [1.165, 1.54) is 0 Å². The molecule has 1 N–H and O–H groups in total. The molecule has 1 amide bonds.